The molecule has 1 aromatic heterocycles. The molecule has 2 aromatic carbocycles. The molecular weight excluding hydrogens is 329 g/mol. The molecule has 1 amide bonds. The number of amides is 1. The number of nitriles is 1. The molecule has 26 heavy (non-hydrogen) atoms. The number of carbonyl (C=O) groups excluding carboxylic acids is 1. The second-order valence-corrected chi connectivity index (χ2v) is 5.78. The number of nitrogens with zero attached hydrogens (tertiary/aromatic N) is 2. The van der Waals surface area contributed by atoms with Crippen LogP contribution in [0.4, 0.5) is 10.1 Å². The lowest BCUT2D eigenvalue weighted by molar-refractivity contribution is -0.117. The molecule has 0 aliphatic carbocycles. The standard InChI is InChI=1S/C21H16FN3O/c22-17-10-8-15(9-11-17)19(13-18-6-3-4-12-24-18)21(26)25-20-7-2-1-5-16(20)14-23/h1-12,19H,13H2,(H,25,26). The lowest BCUT2D eigenvalue weighted by Crippen LogP contribution is -2.23. The monoisotopic (exact) mass is 345 g/mol. The van der Waals surface area contributed by atoms with Crippen LogP contribution in [0.1, 0.15) is 22.7 Å². The minimum Gasteiger partial charge on any atom is -0.324 e. The molecule has 0 spiro atoms. The molecule has 0 radical (unpaired) electrons. The molecule has 0 aliphatic rings. The number of aromatic nitrogens is 1. The number of hydrogen-bond donors (Lipinski definition) is 1. The summed E-state index contributed by atoms with van der Waals surface area (Å²) in [4.78, 5) is 17.2. The van der Waals surface area contributed by atoms with Crippen molar-refractivity contribution in [1.82, 2.24) is 4.98 Å². The van der Waals surface area contributed by atoms with E-state index in [1.165, 1.54) is 12.1 Å². The molecule has 0 saturated carbocycles. The molecule has 0 bridgehead atoms. The highest BCUT2D eigenvalue weighted by Gasteiger charge is 2.22. The van der Waals surface area contributed by atoms with Crippen molar-refractivity contribution in [1.29, 1.82) is 5.26 Å². The molecule has 0 aliphatic heterocycles. The average molecular weight is 345 g/mol. The molecule has 1 unspecified atom stereocenters. The molecule has 3 rings (SSSR count). The predicted octanol–water partition coefficient (Wildman–Crippen LogP) is 4.06. The Hall–Kier alpha value is -3.52. The highest BCUT2D eigenvalue weighted by atomic mass is 19.1. The maximum atomic E-state index is 13.3. The zero-order valence-electron chi connectivity index (χ0n) is 13.9. The van der Waals surface area contributed by atoms with Gasteiger partial charge in [0.2, 0.25) is 5.91 Å². The van der Waals surface area contributed by atoms with Gasteiger partial charge < -0.3 is 5.32 Å². The smallest absolute Gasteiger partial charge is 0.232 e. The number of hydrogen-bond acceptors (Lipinski definition) is 3. The van der Waals surface area contributed by atoms with Crippen LogP contribution in [0, 0.1) is 17.1 Å². The fourth-order valence-electron chi connectivity index (χ4n) is 2.69. The topological polar surface area (TPSA) is 65.8 Å². The van der Waals surface area contributed by atoms with Crippen molar-refractivity contribution < 1.29 is 9.18 Å². The molecule has 1 N–H and O–H groups in total. The zero-order valence-corrected chi connectivity index (χ0v) is 13.9. The average Bonchev–Trinajstić information content (AvgIpc) is 2.68. The number of benzene rings is 2. The summed E-state index contributed by atoms with van der Waals surface area (Å²) in [7, 11) is 0. The molecule has 4 nitrogen and oxygen atoms in total. The van der Waals surface area contributed by atoms with Crippen molar-refractivity contribution >= 4 is 11.6 Å². The largest absolute Gasteiger partial charge is 0.324 e. The van der Waals surface area contributed by atoms with Gasteiger partial charge in [0.15, 0.2) is 0 Å². The SMILES string of the molecule is N#Cc1ccccc1NC(=O)C(Cc1ccccn1)c1ccc(F)cc1. The van der Waals surface area contributed by atoms with Gasteiger partial charge in [-0.1, -0.05) is 30.3 Å². The third-order valence-corrected chi connectivity index (χ3v) is 4.03. The summed E-state index contributed by atoms with van der Waals surface area (Å²) in [5, 5.41) is 12.0. The van der Waals surface area contributed by atoms with Gasteiger partial charge in [0.25, 0.3) is 0 Å². The van der Waals surface area contributed by atoms with Gasteiger partial charge in [-0.2, -0.15) is 5.26 Å². The fraction of sp³-hybridized carbons (Fsp3) is 0.0952. The van der Waals surface area contributed by atoms with E-state index in [0.717, 1.165) is 5.69 Å². The van der Waals surface area contributed by atoms with Crippen molar-refractivity contribution in [2.45, 2.75) is 12.3 Å². The summed E-state index contributed by atoms with van der Waals surface area (Å²) in [5.74, 6) is -1.19. The highest BCUT2D eigenvalue weighted by molar-refractivity contribution is 5.97. The summed E-state index contributed by atoms with van der Waals surface area (Å²) in [6, 6.07) is 20.2. The Bertz CT molecular complexity index is 933. The molecule has 1 atom stereocenters. The second kappa shape index (κ2) is 8.04. The summed E-state index contributed by atoms with van der Waals surface area (Å²) in [6.07, 6.45) is 2.03. The lowest BCUT2D eigenvalue weighted by Gasteiger charge is -2.17. The van der Waals surface area contributed by atoms with E-state index >= 15 is 0 Å². The number of para-hydroxylation sites is 1. The number of halogens is 1. The Morgan fingerprint density at radius 1 is 1.08 bits per heavy atom. The first kappa shape index (κ1) is 17.3. The van der Waals surface area contributed by atoms with E-state index < -0.39 is 5.92 Å². The second-order valence-electron chi connectivity index (χ2n) is 5.78. The predicted molar refractivity (Wildman–Crippen MR) is 96.9 cm³/mol. The minimum absolute atomic E-state index is 0.273. The van der Waals surface area contributed by atoms with Crippen LogP contribution in [0.5, 0.6) is 0 Å². The van der Waals surface area contributed by atoms with Gasteiger partial charge in [-0.25, -0.2) is 4.39 Å². The Kier molecular flexibility index (Phi) is 5.35. The van der Waals surface area contributed by atoms with Crippen molar-refractivity contribution in [2.75, 3.05) is 5.32 Å². The van der Waals surface area contributed by atoms with Crippen LogP contribution < -0.4 is 5.32 Å². The third-order valence-electron chi connectivity index (χ3n) is 4.03. The van der Waals surface area contributed by atoms with E-state index in [1.807, 2.05) is 12.1 Å². The Labute approximate surface area is 150 Å². The first-order chi connectivity index (χ1) is 12.7. The number of nitrogens with one attached hydrogen (secondary N) is 1. The first-order valence-corrected chi connectivity index (χ1v) is 8.13. The van der Waals surface area contributed by atoms with Gasteiger partial charge in [-0.15, -0.1) is 0 Å². The van der Waals surface area contributed by atoms with E-state index in [4.69, 9.17) is 0 Å². The summed E-state index contributed by atoms with van der Waals surface area (Å²) < 4.78 is 13.3. The van der Waals surface area contributed by atoms with Crippen LogP contribution in [-0.4, -0.2) is 10.9 Å². The van der Waals surface area contributed by atoms with Crippen molar-refractivity contribution in [3.05, 3.63) is 95.6 Å². The minimum atomic E-state index is -0.558. The van der Waals surface area contributed by atoms with Crippen LogP contribution in [0.3, 0.4) is 0 Å². The quantitative estimate of drug-likeness (QED) is 0.758. The Balaban J connectivity index is 1.90. The Morgan fingerprint density at radius 2 is 1.81 bits per heavy atom. The van der Waals surface area contributed by atoms with Gasteiger partial charge in [-0.3, -0.25) is 9.78 Å². The van der Waals surface area contributed by atoms with Crippen LogP contribution in [0.15, 0.2) is 72.9 Å². The molecule has 1 heterocycles. The van der Waals surface area contributed by atoms with Gasteiger partial charge >= 0.3 is 0 Å². The number of rotatable bonds is 5. The van der Waals surface area contributed by atoms with E-state index in [2.05, 4.69) is 16.4 Å². The van der Waals surface area contributed by atoms with Crippen molar-refractivity contribution in [2.24, 2.45) is 0 Å². The first-order valence-electron chi connectivity index (χ1n) is 8.13. The van der Waals surface area contributed by atoms with Gasteiger partial charge in [0, 0.05) is 18.3 Å². The van der Waals surface area contributed by atoms with Crippen LogP contribution >= 0.6 is 0 Å². The number of pyridine rings is 1. The van der Waals surface area contributed by atoms with Crippen LogP contribution in [0.2, 0.25) is 0 Å². The van der Waals surface area contributed by atoms with Crippen LogP contribution in [0.25, 0.3) is 0 Å². The fourth-order valence-corrected chi connectivity index (χ4v) is 2.69. The third kappa shape index (κ3) is 4.11. The summed E-state index contributed by atoms with van der Waals surface area (Å²) in [5.41, 5.74) is 2.28. The lowest BCUT2D eigenvalue weighted by atomic mass is 9.92. The van der Waals surface area contributed by atoms with E-state index in [9.17, 15) is 14.4 Å². The van der Waals surface area contributed by atoms with Crippen LogP contribution in [-0.2, 0) is 11.2 Å². The van der Waals surface area contributed by atoms with Gasteiger partial charge in [0.05, 0.1) is 17.2 Å². The summed E-state index contributed by atoms with van der Waals surface area (Å²) in [6.45, 7) is 0. The van der Waals surface area contributed by atoms with E-state index in [0.29, 0.717) is 23.2 Å². The number of carbonyl (C=O) groups is 1. The van der Waals surface area contributed by atoms with Crippen molar-refractivity contribution in [3.8, 4) is 6.07 Å². The summed E-state index contributed by atoms with van der Waals surface area (Å²) >= 11 is 0. The molecule has 0 saturated heterocycles. The Morgan fingerprint density at radius 3 is 2.50 bits per heavy atom. The van der Waals surface area contributed by atoms with E-state index in [-0.39, 0.29) is 11.7 Å². The zero-order chi connectivity index (χ0) is 18.4. The molecular formula is C21H16FN3O. The maximum Gasteiger partial charge on any atom is 0.232 e. The molecule has 3 aromatic rings. The molecule has 128 valence electrons. The number of anilines is 1. The van der Waals surface area contributed by atoms with Gasteiger partial charge in [0.1, 0.15) is 11.9 Å². The molecule has 5 heteroatoms. The normalized spacial score (nSPS) is 11.4. The van der Waals surface area contributed by atoms with Crippen molar-refractivity contribution in [3.63, 3.8) is 0 Å². The maximum absolute atomic E-state index is 13.3. The van der Waals surface area contributed by atoms with Gasteiger partial charge in [-0.05, 0) is 42.0 Å². The van der Waals surface area contributed by atoms with E-state index in [1.54, 1.807) is 48.7 Å². The molecule has 0 fully saturated rings. The highest BCUT2D eigenvalue weighted by Crippen LogP contribution is 2.24.